The maximum atomic E-state index is 5.89. The molecule has 1 saturated heterocycles. The standard InChI is InChI=1S/C11H15ClN2O/c1-11(2)8-15-7-6-14(11)10-5-3-4-9(12)13-10/h3-5H,6-8H2,1-2H3. The highest BCUT2D eigenvalue weighted by atomic mass is 35.5. The Morgan fingerprint density at radius 1 is 1.47 bits per heavy atom. The number of anilines is 1. The highest BCUT2D eigenvalue weighted by molar-refractivity contribution is 6.29. The molecule has 15 heavy (non-hydrogen) atoms. The summed E-state index contributed by atoms with van der Waals surface area (Å²) in [7, 11) is 0. The average Bonchev–Trinajstić information content (AvgIpc) is 2.17. The van der Waals surface area contributed by atoms with Crippen LogP contribution in [0.4, 0.5) is 5.82 Å². The normalized spacial score (nSPS) is 20.3. The van der Waals surface area contributed by atoms with Crippen molar-refractivity contribution in [2.45, 2.75) is 19.4 Å². The number of rotatable bonds is 1. The first-order chi connectivity index (χ1) is 7.09. The van der Waals surface area contributed by atoms with Crippen LogP contribution in [-0.2, 0) is 4.74 Å². The predicted octanol–water partition coefficient (Wildman–Crippen LogP) is 2.35. The van der Waals surface area contributed by atoms with Crippen LogP contribution < -0.4 is 4.90 Å². The van der Waals surface area contributed by atoms with Gasteiger partial charge in [-0.15, -0.1) is 0 Å². The topological polar surface area (TPSA) is 25.4 Å². The van der Waals surface area contributed by atoms with E-state index in [2.05, 4.69) is 23.7 Å². The maximum absolute atomic E-state index is 5.89. The second-order valence-corrected chi connectivity index (χ2v) is 4.72. The second-order valence-electron chi connectivity index (χ2n) is 4.34. The summed E-state index contributed by atoms with van der Waals surface area (Å²) in [6.07, 6.45) is 0. The summed E-state index contributed by atoms with van der Waals surface area (Å²) < 4.78 is 5.46. The van der Waals surface area contributed by atoms with E-state index in [0.29, 0.717) is 5.15 Å². The molecule has 0 N–H and O–H groups in total. The molecule has 1 aliphatic rings. The van der Waals surface area contributed by atoms with Gasteiger partial charge in [0, 0.05) is 6.54 Å². The van der Waals surface area contributed by atoms with Crippen molar-refractivity contribution in [2.24, 2.45) is 0 Å². The lowest BCUT2D eigenvalue weighted by molar-refractivity contribution is 0.0639. The molecule has 1 aromatic heterocycles. The van der Waals surface area contributed by atoms with Gasteiger partial charge in [-0.1, -0.05) is 17.7 Å². The first kappa shape index (κ1) is 10.7. The Bertz CT molecular complexity index is 354. The van der Waals surface area contributed by atoms with Crippen LogP contribution in [0.3, 0.4) is 0 Å². The van der Waals surface area contributed by atoms with Crippen LogP contribution in [0.2, 0.25) is 5.15 Å². The van der Waals surface area contributed by atoms with E-state index in [1.54, 1.807) is 6.07 Å². The van der Waals surface area contributed by atoms with Gasteiger partial charge >= 0.3 is 0 Å². The summed E-state index contributed by atoms with van der Waals surface area (Å²) in [5.41, 5.74) is -0.0179. The van der Waals surface area contributed by atoms with Gasteiger partial charge in [0.05, 0.1) is 18.8 Å². The SMILES string of the molecule is CC1(C)COCCN1c1cccc(Cl)n1. The van der Waals surface area contributed by atoms with E-state index in [1.165, 1.54) is 0 Å². The summed E-state index contributed by atoms with van der Waals surface area (Å²) in [4.78, 5) is 6.57. The maximum Gasteiger partial charge on any atom is 0.131 e. The van der Waals surface area contributed by atoms with Gasteiger partial charge in [-0.3, -0.25) is 0 Å². The van der Waals surface area contributed by atoms with Crippen molar-refractivity contribution in [3.8, 4) is 0 Å². The fraction of sp³-hybridized carbons (Fsp3) is 0.545. The zero-order valence-electron chi connectivity index (χ0n) is 9.03. The van der Waals surface area contributed by atoms with Crippen LogP contribution >= 0.6 is 11.6 Å². The van der Waals surface area contributed by atoms with Crippen molar-refractivity contribution < 1.29 is 4.74 Å². The molecule has 0 aromatic carbocycles. The van der Waals surface area contributed by atoms with Crippen molar-refractivity contribution in [2.75, 3.05) is 24.7 Å². The molecule has 1 aliphatic heterocycles. The Morgan fingerprint density at radius 3 is 2.93 bits per heavy atom. The van der Waals surface area contributed by atoms with E-state index in [9.17, 15) is 0 Å². The first-order valence-corrected chi connectivity index (χ1v) is 5.45. The summed E-state index contributed by atoms with van der Waals surface area (Å²) >= 11 is 5.89. The number of aromatic nitrogens is 1. The summed E-state index contributed by atoms with van der Waals surface area (Å²) in [5.74, 6) is 0.927. The van der Waals surface area contributed by atoms with Crippen molar-refractivity contribution >= 4 is 17.4 Å². The Morgan fingerprint density at radius 2 is 2.27 bits per heavy atom. The fourth-order valence-electron chi connectivity index (χ4n) is 1.83. The molecule has 3 nitrogen and oxygen atoms in total. The minimum absolute atomic E-state index is 0.0179. The molecule has 1 aromatic rings. The van der Waals surface area contributed by atoms with Gasteiger partial charge in [-0.2, -0.15) is 0 Å². The number of hydrogen-bond donors (Lipinski definition) is 0. The molecule has 2 rings (SSSR count). The molecule has 0 amide bonds. The molecule has 4 heteroatoms. The van der Waals surface area contributed by atoms with Gasteiger partial charge in [-0.05, 0) is 26.0 Å². The van der Waals surface area contributed by atoms with Gasteiger partial charge in [0.1, 0.15) is 11.0 Å². The van der Waals surface area contributed by atoms with E-state index < -0.39 is 0 Å². The zero-order valence-corrected chi connectivity index (χ0v) is 9.79. The third-order valence-corrected chi connectivity index (χ3v) is 2.83. The first-order valence-electron chi connectivity index (χ1n) is 5.07. The Kier molecular flexibility index (Phi) is 2.85. The predicted molar refractivity (Wildman–Crippen MR) is 61.5 cm³/mol. The zero-order chi connectivity index (χ0) is 10.9. The van der Waals surface area contributed by atoms with E-state index in [4.69, 9.17) is 16.3 Å². The lowest BCUT2D eigenvalue weighted by Crippen LogP contribution is -2.53. The molecular weight excluding hydrogens is 212 g/mol. The number of halogens is 1. The average molecular weight is 227 g/mol. The van der Waals surface area contributed by atoms with Gasteiger partial charge in [0.25, 0.3) is 0 Å². The Balaban J connectivity index is 2.29. The number of pyridine rings is 1. The van der Waals surface area contributed by atoms with Crippen LogP contribution in [0.15, 0.2) is 18.2 Å². The molecular formula is C11H15ClN2O. The largest absolute Gasteiger partial charge is 0.377 e. The van der Waals surface area contributed by atoms with Crippen LogP contribution in [0.25, 0.3) is 0 Å². The molecule has 0 atom stereocenters. The van der Waals surface area contributed by atoms with Crippen molar-refractivity contribution in [1.29, 1.82) is 0 Å². The van der Waals surface area contributed by atoms with Gasteiger partial charge in [0.15, 0.2) is 0 Å². The van der Waals surface area contributed by atoms with E-state index in [1.807, 2.05) is 12.1 Å². The molecule has 0 aliphatic carbocycles. The number of nitrogens with zero attached hydrogens (tertiary/aromatic N) is 2. The lowest BCUT2D eigenvalue weighted by Gasteiger charge is -2.42. The molecule has 0 bridgehead atoms. The Hall–Kier alpha value is -0.800. The minimum atomic E-state index is -0.0179. The van der Waals surface area contributed by atoms with Gasteiger partial charge < -0.3 is 9.64 Å². The molecule has 82 valence electrons. The molecule has 0 radical (unpaired) electrons. The lowest BCUT2D eigenvalue weighted by atomic mass is 10.0. The van der Waals surface area contributed by atoms with E-state index >= 15 is 0 Å². The number of ether oxygens (including phenoxy) is 1. The van der Waals surface area contributed by atoms with Crippen LogP contribution in [0, 0.1) is 0 Å². The molecule has 1 fully saturated rings. The number of morpholine rings is 1. The molecule has 0 saturated carbocycles. The minimum Gasteiger partial charge on any atom is -0.377 e. The highest BCUT2D eigenvalue weighted by Crippen LogP contribution is 2.25. The monoisotopic (exact) mass is 226 g/mol. The molecule has 2 heterocycles. The number of hydrogen-bond acceptors (Lipinski definition) is 3. The second kappa shape index (κ2) is 3.99. The smallest absolute Gasteiger partial charge is 0.131 e. The molecule has 0 spiro atoms. The van der Waals surface area contributed by atoms with Crippen molar-refractivity contribution in [3.05, 3.63) is 23.4 Å². The van der Waals surface area contributed by atoms with Crippen molar-refractivity contribution in [1.82, 2.24) is 4.98 Å². The summed E-state index contributed by atoms with van der Waals surface area (Å²) in [6.45, 7) is 6.63. The Labute approximate surface area is 95.0 Å². The van der Waals surface area contributed by atoms with Crippen LogP contribution in [-0.4, -0.2) is 30.3 Å². The van der Waals surface area contributed by atoms with Crippen LogP contribution in [0.1, 0.15) is 13.8 Å². The fourth-order valence-corrected chi connectivity index (χ4v) is 1.99. The summed E-state index contributed by atoms with van der Waals surface area (Å²) in [6, 6.07) is 5.70. The van der Waals surface area contributed by atoms with Gasteiger partial charge in [0.2, 0.25) is 0 Å². The van der Waals surface area contributed by atoms with Crippen molar-refractivity contribution in [3.63, 3.8) is 0 Å². The van der Waals surface area contributed by atoms with E-state index in [-0.39, 0.29) is 5.54 Å². The van der Waals surface area contributed by atoms with Gasteiger partial charge in [-0.25, -0.2) is 4.98 Å². The summed E-state index contributed by atoms with van der Waals surface area (Å²) in [5, 5.41) is 0.537. The highest BCUT2D eigenvalue weighted by Gasteiger charge is 2.31. The van der Waals surface area contributed by atoms with E-state index in [0.717, 1.165) is 25.6 Å². The third kappa shape index (κ3) is 2.24. The third-order valence-electron chi connectivity index (χ3n) is 2.62. The molecule has 0 unspecified atom stereocenters. The van der Waals surface area contributed by atoms with Crippen LogP contribution in [0.5, 0.6) is 0 Å². The quantitative estimate of drug-likeness (QED) is 0.688.